The van der Waals surface area contributed by atoms with Crippen LogP contribution in [0.1, 0.15) is 33.6 Å². The number of nitrogens with zero attached hydrogens (tertiary/aromatic N) is 1. The van der Waals surface area contributed by atoms with Crippen LogP contribution in [0.3, 0.4) is 0 Å². The predicted molar refractivity (Wildman–Crippen MR) is 85.6 cm³/mol. The molecule has 0 fully saturated rings. The average Bonchev–Trinajstić information content (AvgIpc) is 2.63. The van der Waals surface area contributed by atoms with E-state index >= 15 is 0 Å². The number of unbranched alkanes of at least 4 members (excludes halogenated alkanes) is 1. The van der Waals surface area contributed by atoms with Gasteiger partial charge >= 0.3 is 12.0 Å². The van der Waals surface area contributed by atoms with E-state index in [1.54, 1.807) is 6.92 Å². The number of anilines is 1. The lowest BCUT2D eigenvalue weighted by molar-refractivity contribution is 0.0697. The van der Waals surface area contributed by atoms with Crippen molar-refractivity contribution in [3.63, 3.8) is 0 Å². The molecule has 2 amide bonds. The predicted octanol–water partition coefficient (Wildman–Crippen LogP) is 2.53. The highest BCUT2D eigenvalue weighted by Gasteiger charge is 2.20. The maximum atomic E-state index is 11.8. The van der Waals surface area contributed by atoms with Crippen molar-refractivity contribution in [1.29, 1.82) is 0 Å². The number of carbonyl (C=O) groups is 2. The van der Waals surface area contributed by atoms with E-state index < -0.39 is 5.97 Å². The molecule has 0 saturated heterocycles. The van der Waals surface area contributed by atoms with Crippen LogP contribution in [0.4, 0.5) is 9.80 Å². The maximum Gasteiger partial charge on any atom is 0.338 e. The molecule has 0 atom stereocenters. The Labute approximate surface area is 129 Å². The van der Waals surface area contributed by atoms with Gasteiger partial charge in [-0.25, -0.2) is 9.59 Å². The molecule has 0 aliphatic carbocycles. The smallest absolute Gasteiger partial charge is 0.338 e. The summed E-state index contributed by atoms with van der Waals surface area (Å²) in [4.78, 5) is 26.0. The monoisotopic (exact) mass is 313 g/mol. The summed E-state index contributed by atoms with van der Waals surface area (Å²) in [5, 5.41) is 15.0. The summed E-state index contributed by atoms with van der Waals surface area (Å²) in [6.45, 7) is 5.15. The van der Waals surface area contributed by atoms with Crippen molar-refractivity contribution in [1.82, 2.24) is 10.2 Å². The fraction of sp³-hybridized carbons (Fsp3) is 0.571. The molecular weight excluding hydrogens is 290 g/mol. The Morgan fingerprint density at radius 2 is 1.90 bits per heavy atom. The molecule has 0 spiro atoms. The molecule has 21 heavy (non-hydrogen) atoms. The van der Waals surface area contributed by atoms with Gasteiger partial charge < -0.3 is 15.3 Å². The number of aromatic carboxylic acids is 1. The number of carbonyl (C=O) groups excluding carboxylic acids is 1. The molecule has 1 aromatic rings. The third-order valence-corrected chi connectivity index (χ3v) is 4.27. The number of aryl methyl sites for hydroxylation is 1. The number of thiophene rings is 1. The molecular formula is C14H23N3O3S. The summed E-state index contributed by atoms with van der Waals surface area (Å²) in [6.07, 6.45) is 1.89. The molecule has 0 radical (unpaired) electrons. The molecule has 0 saturated carbocycles. The summed E-state index contributed by atoms with van der Waals surface area (Å²) in [5.41, 5.74) is 0.883. The van der Waals surface area contributed by atoms with Crippen molar-refractivity contribution in [2.75, 3.05) is 32.5 Å². The maximum absolute atomic E-state index is 11.8. The number of urea groups is 1. The fourth-order valence-corrected chi connectivity index (χ4v) is 2.92. The number of nitrogens with one attached hydrogen (secondary N) is 2. The van der Waals surface area contributed by atoms with Crippen LogP contribution in [0.5, 0.6) is 0 Å². The first-order valence-corrected chi connectivity index (χ1v) is 7.67. The second-order valence-corrected chi connectivity index (χ2v) is 6.41. The van der Waals surface area contributed by atoms with Gasteiger partial charge in [0.05, 0.1) is 5.56 Å². The highest BCUT2D eigenvalue weighted by molar-refractivity contribution is 7.16. The van der Waals surface area contributed by atoms with Crippen molar-refractivity contribution >= 4 is 28.3 Å². The molecule has 6 nitrogen and oxygen atoms in total. The SMILES string of the molecule is Cc1sc(NC(=O)NCCCCN(C)C)c(C(=O)O)c1C. The van der Waals surface area contributed by atoms with Crippen LogP contribution in [0.15, 0.2) is 0 Å². The molecule has 0 aromatic carbocycles. The number of rotatable bonds is 7. The lowest BCUT2D eigenvalue weighted by atomic mass is 10.1. The molecule has 118 valence electrons. The first-order chi connectivity index (χ1) is 9.82. The van der Waals surface area contributed by atoms with E-state index in [1.165, 1.54) is 11.3 Å². The molecule has 0 aliphatic heterocycles. The van der Waals surface area contributed by atoms with E-state index in [1.807, 2.05) is 21.0 Å². The van der Waals surface area contributed by atoms with Crippen molar-refractivity contribution in [3.8, 4) is 0 Å². The Morgan fingerprint density at radius 1 is 1.24 bits per heavy atom. The molecule has 0 bridgehead atoms. The van der Waals surface area contributed by atoms with Gasteiger partial charge in [-0.3, -0.25) is 5.32 Å². The molecule has 1 heterocycles. The minimum atomic E-state index is -1.02. The van der Waals surface area contributed by atoms with E-state index in [2.05, 4.69) is 15.5 Å². The molecule has 1 aromatic heterocycles. The van der Waals surface area contributed by atoms with Gasteiger partial charge in [0.2, 0.25) is 0 Å². The van der Waals surface area contributed by atoms with Crippen LogP contribution in [0.2, 0.25) is 0 Å². The van der Waals surface area contributed by atoms with Crippen LogP contribution < -0.4 is 10.6 Å². The molecule has 1 rings (SSSR count). The second-order valence-electron chi connectivity index (χ2n) is 5.18. The van der Waals surface area contributed by atoms with Crippen molar-refractivity contribution in [2.24, 2.45) is 0 Å². The lowest BCUT2D eigenvalue weighted by Crippen LogP contribution is -2.30. The number of carboxylic acids is 1. The lowest BCUT2D eigenvalue weighted by Gasteiger charge is -2.10. The number of amides is 2. The summed E-state index contributed by atoms with van der Waals surface area (Å²) >= 11 is 1.29. The Hall–Kier alpha value is -1.60. The van der Waals surface area contributed by atoms with Gasteiger partial charge in [0, 0.05) is 11.4 Å². The second kappa shape index (κ2) is 7.99. The van der Waals surface area contributed by atoms with Crippen LogP contribution in [0, 0.1) is 13.8 Å². The first kappa shape index (κ1) is 17.5. The van der Waals surface area contributed by atoms with Gasteiger partial charge in [0.25, 0.3) is 0 Å². The van der Waals surface area contributed by atoms with Crippen LogP contribution in [-0.2, 0) is 0 Å². The van der Waals surface area contributed by atoms with Crippen LogP contribution >= 0.6 is 11.3 Å². The van der Waals surface area contributed by atoms with Crippen molar-refractivity contribution in [3.05, 3.63) is 16.0 Å². The average molecular weight is 313 g/mol. The third kappa shape index (κ3) is 5.35. The summed E-state index contributed by atoms with van der Waals surface area (Å²) < 4.78 is 0. The number of carboxylic acid groups (broad SMARTS) is 1. The van der Waals surface area contributed by atoms with Gasteiger partial charge in [-0.15, -0.1) is 11.3 Å². The zero-order valence-electron chi connectivity index (χ0n) is 12.9. The summed E-state index contributed by atoms with van der Waals surface area (Å²) in [7, 11) is 4.02. The molecule has 0 unspecified atom stereocenters. The zero-order chi connectivity index (χ0) is 16.0. The fourth-order valence-electron chi connectivity index (χ4n) is 1.87. The highest BCUT2D eigenvalue weighted by atomic mass is 32.1. The van der Waals surface area contributed by atoms with Crippen molar-refractivity contribution < 1.29 is 14.7 Å². The largest absolute Gasteiger partial charge is 0.478 e. The highest BCUT2D eigenvalue weighted by Crippen LogP contribution is 2.32. The van der Waals surface area contributed by atoms with Crippen LogP contribution in [0.25, 0.3) is 0 Å². The van der Waals surface area contributed by atoms with E-state index in [-0.39, 0.29) is 11.6 Å². The number of hydrogen-bond acceptors (Lipinski definition) is 4. The van der Waals surface area contributed by atoms with Gasteiger partial charge in [0.15, 0.2) is 0 Å². The number of hydrogen-bond donors (Lipinski definition) is 3. The standard InChI is InChI=1S/C14H23N3O3S/c1-9-10(2)21-12(11(9)13(18)19)16-14(20)15-7-5-6-8-17(3)4/h5-8H2,1-4H3,(H,18,19)(H2,15,16,20). The Bertz CT molecular complexity index is 512. The van der Waals surface area contributed by atoms with E-state index in [0.717, 1.165) is 24.3 Å². The van der Waals surface area contributed by atoms with Gasteiger partial charge in [-0.2, -0.15) is 0 Å². The minimum Gasteiger partial charge on any atom is -0.478 e. The quantitative estimate of drug-likeness (QED) is 0.676. The zero-order valence-corrected chi connectivity index (χ0v) is 13.8. The molecule has 0 aliphatic rings. The molecule has 7 heteroatoms. The van der Waals surface area contributed by atoms with E-state index in [0.29, 0.717) is 17.1 Å². The van der Waals surface area contributed by atoms with E-state index in [9.17, 15) is 14.7 Å². The Balaban J connectivity index is 2.48. The first-order valence-electron chi connectivity index (χ1n) is 6.85. The molecule has 3 N–H and O–H groups in total. The van der Waals surface area contributed by atoms with Crippen LogP contribution in [-0.4, -0.2) is 49.2 Å². The Morgan fingerprint density at radius 3 is 2.48 bits per heavy atom. The van der Waals surface area contributed by atoms with Gasteiger partial charge in [-0.1, -0.05) is 0 Å². The summed E-state index contributed by atoms with van der Waals surface area (Å²) in [5.74, 6) is -1.02. The minimum absolute atomic E-state index is 0.181. The van der Waals surface area contributed by atoms with Gasteiger partial charge in [0.1, 0.15) is 5.00 Å². The van der Waals surface area contributed by atoms with Crippen molar-refractivity contribution in [2.45, 2.75) is 26.7 Å². The topological polar surface area (TPSA) is 81.7 Å². The van der Waals surface area contributed by atoms with Gasteiger partial charge in [-0.05, 0) is 52.9 Å². The third-order valence-electron chi connectivity index (χ3n) is 3.14. The summed E-state index contributed by atoms with van der Waals surface area (Å²) in [6, 6.07) is -0.358. The Kier molecular flexibility index (Phi) is 6.64. The normalized spacial score (nSPS) is 10.7. The van der Waals surface area contributed by atoms with E-state index in [4.69, 9.17) is 0 Å².